The van der Waals surface area contributed by atoms with Gasteiger partial charge in [0.05, 0.1) is 0 Å². The molecule has 1 heterocycles. The molecule has 4 rings (SSSR count). The number of para-hydroxylation sites is 1. The van der Waals surface area contributed by atoms with E-state index < -0.39 is 0 Å². The zero-order valence-electron chi connectivity index (χ0n) is 19.8. The summed E-state index contributed by atoms with van der Waals surface area (Å²) in [6, 6.07) is 22.6. The quantitative estimate of drug-likeness (QED) is 0.429. The van der Waals surface area contributed by atoms with Crippen LogP contribution in [0.1, 0.15) is 83.4 Å². The second-order valence-corrected chi connectivity index (χ2v) is 10.8. The fourth-order valence-electron chi connectivity index (χ4n) is 5.81. The summed E-state index contributed by atoms with van der Waals surface area (Å²) in [6.45, 7) is 17.7. The van der Waals surface area contributed by atoms with E-state index in [-0.39, 0.29) is 11.0 Å². The average molecular weight is 400 g/mol. The van der Waals surface area contributed by atoms with E-state index in [1.807, 2.05) is 0 Å². The molecule has 0 N–H and O–H groups in total. The summed E-state index contributed by atoms with van der Waals surface area (Å²) < 4.78 is 0. The molecular weight excluding hydrogens is 362 g/mol. The molecule has 158 valence electrons. The van der Waals surface area contributed by atoms with Crippen LogP contribution in [0.5, 0.6) is 0 Å². The van der Waals surface area contributed by atoms with E-state index in [9.17, 15) is 0 Å². The topological polar surface area (TPSA) is 3.24 Å². The number of benzene rings is 3. The van der Waals surface area contributed by atoms with Gasteiger partial charge in [-0.1, -0.05) is 95.3 Å². The lowest BCUT2D eigenvalue weighted by Crippen LogP contribution is -2.39. The van der Waals surface area contributed by atoms with Crippen LogP contribution in [0.25, 0.3) is 10.8 Å². The summed E-state index contributed by atoms with van der Waals surface area (Å²) in [7, 11) is 0. The van der Waals surface area contributed by atoms with E-state index in [1.54, 1.807) is 0 Å². The van der Waals surface area contributed by atoms with Crippen LogP contribution in [-0.4, -0.2) is 12.1 Å². The van der Waals surface area contributed by atoms with Crippen molar-refractivity contribution in [2.45, 2.75) is 77.7 Å². The number of rotatable bonds is 4. The molecule has 1 aliphatic rings. The second kappa shape index (κ2) is 7.45. The highest BCUT2D eigenvalue weighted by atomic mass is 15.2. The van der Waals surface area contributed by atoms with Gasteiger partial charge < -0.3 is 4.90 Å². The smallest absolute Gasteiger partial charge is 0.0441 e. The van der Waals surface area contributed by atoms with Crippen molar-refractivity contribution >= 4 is 16.5 Å². The summed E-state index contributed by atoms with van der Waals surface area (Å²) in [5.41, 5.74) is 6.15. The minimum Gasteiger partial charge on any atom is -0.365 e. The molecule has 0 spiro atoms. The van der Waals surface area contributed by atoms with E-state index in [0.717, 1.165) is 13.0 Å². The molecule has 1 unspecified atom stereocenters. The van der Waals surface area contributed by atoms with Crippen molar-refractivity contribution in [1.82, 2.24) is 0 Å². The largest absolute Gasteiger partial charge is 0.365 e. The molecule has 0 aromatic heterocycles. The highest BCUT2D eigenvalue weighted by Crippen LogP contribution is 2.50. The van der Waals surface area contributed by atoms with Gasteiger partial charge in [-0.3, -0.25) is 0 Å². The van der Waals surface area contributed by atoms with Crippen molar-refractivity contribution in [2.24, 2.45) is 0 Å². The Balaban J connectivity index is 1.87. The molecule has 1 atom stereocenters. The van der Waals surface area contributed by atoms with Crippen molar-refractivity contribution in [3.8, 4) is 0 Å². The molecule has 1 saturated heterocycles. The molecule has 3 aromatic carbocycles. The van der Waals surface area contributed by atoms with Gasteiger partial charge in [-0.25, -0.2) is 0 Å². The summed E-state index contributed by atoms with van der Waals surface area (Å²) in [5.74, 6) is 1.03. The zero-order chi connectivity index (χ0) is 21.7. The third-order valence-electron chi connectivity index (χ3n) is 7.11. The molecule has 1 aliphatic heterocycles. The van der Waals surface area contributed by atoms with Gasteiger partial charge in [-0.15, -0.1) is 0 Å². The molecule has 30 heavy (non-hydrogen) atoms. The van der Waals surface area contributed by atoms with Gasteiger partial charge in [-0.2, -0.15) is 0 Å². The third-order valence-corrected chi connectivity index (χ3v) is 7.11. The van der Waals surface area contributed by atoms with E-state index in [4.69, 9.17) is 0 Å². The van der Waals surface area contributed by atoms with Gasteiger partial charge in [0.1, 0.15) is 0 Å². The number of hydrogen-bond donors (Lipinski definition) is 0. The van der Waals surface area contributed by atoms with Gasteiger partial charge in [0.15, 0.2) is 0 Å². The Bertz CT molecular complexity index is 1030. The molecule has 0 saturated carbocycles. The molecule has 3 aromatic rings. The van der Waals surface area contributed by atoms with Gasteiger partial charge >= 0.3 is 0 Å². The van der Waals surface area contributed by atoms with Crippen LogP contribution < -0.4 is 4.90 Å². The SMILES string of the molecule is CC(C)c1cccc(C(C)C)c1N1CC(C)(c2cccc3ccccc23)CC1(C)C. The maximum Gasteiger partial charge on any atom is 0.0441 e. The van der Waals surface area contributed by atoms with Gasteiger partial charge in [0.25, 0.3) is 0 Å². The molecule has 1 fully saturated rings. The fourth-order valence-corrected chi connectivity index (χ4v) is 5.81. The van der Waals surface area contributed by atoms with Gasteiger partial charge in [0.2, 0.25) is 0 Å². The predicted molar refractivity (Wildman–Crippen MR) is 132 cm³/mol. The van der Waals surface area contributed by atoms with E-state index in [1.165, 1.54) is 33.2 Å². The Morgan fingerprint density at radius 3 is 1.93 bits per heavy atom. The Morgan fingerprint density at radius 2 is 1.30 bits per heavy atom. The van der Waals surface area contributed by atoms with Crippen molar-refractivity contribution in [3.63, 3.8) is 0 Å². The second-order valence-electron chi connectivity index (χ2n) is 10.8. The Hall–Kier alpha value is -2.28. The summed E-state index contributed by atoms with van der Waals surface area (Å²) in [5, 5.41) is 2.75. The van der Waals surface area contributed by atoms with Crippen molar-refractivity contribution < 1.29 is 0 Å². The average Bonchev–Trinajstić information content (AvgIpc) is 2.96. The monoisotopic (exact) mass is 399 g/mol. The minimum atomic E-state index is 0.0975. The molecular formula is C29H37N. The van der Waals surface area contributed by atoms with Crippen molar-refractivity contribution in [1.29, 1.82) is 0 Å². The Labute approximate surface area is 183 Å². The van der Waals surface area contributed by atoms with Crippen molar-refractivity contribution in [3.05, 3.63) is 77.4 Å². The maximum atomic E-state index is 2.74. The first kappa shape index (κ1) is 21.0. The van der Waals surface area contributed by atoms with Crippen LogP contribution in [-0.2, 0) is 5.41 Å². The lowest BCUT2D eigenvalue weighted by molar-refractivity contribution is 0.446. The Kier molecular flexibility index (Phi) is 5.21. The molecule has 1 heteroatoms. The van der Waals surface area contributed by atoms with Crippen LogP contribution >= 0.6 is 0 Å². The fraction of sp³-hybridized carbons (Fsp3) is 0.448. The third kappa shape index (κ3) is 3.43. The molecule has 0 aliphatic carbocycles. The van der Waals surface area contributed by atoms with Gasteiger partial charge in [-0.05, 0) is 59.6 Å². The van der Waals surface area contributed by atoms with Crippen LogP contribution in [0.4, 0.5) is 5.69 Å². The highest BCUT2D eigenvalue weighted by Gasteiger charge is 2.48. The van der Waals surface area contributed by atoms with Crippen molar-refractivity contribution in [2.75, 3.05) is 11.4 Å². The van der Waals surface area contributed by atoms with E-state index in [0.29, 0.717) is 11.8 Å². The van der Waals surface area contributed by atoms with E-state index >= 15 is 0 Å². The lowest BCUT2D eigenvalue weighted by atomic mass is 9.76. The minimum absolute atomic E-state index is 0.0975. The lowest BCUT2D eigenvalue weighted by Gasteiger charge is -2.38. The number of anilines is 1. The number of nitrogens with zero attached hydrogens (tertiary/aromatic N) is 1. The first-order valence-electron chi connectivity index (χ1n) is 11.5. The molecule has 0 radical (unpaired) electrons. The first-order valence-corrected chi connectivity index (χ1v) is 11.5. The maximum absolute atomic E-state index is 2.74. The summed E-state index contributed by atoms with van der Waals surface area (Å²) in [4.78, 5) is 2.74. The first-order chi connectivity index (χ1) is 14.1. The molecule has 0 amide bonds. The highest BCUT2D eigenvalue weighted by molar-refractivity contribution is 5.87. The summed E-state index contributed by atoms with van der Waals surface area (Å²) in [6.07, 6.45) is 1.15. The number of hydrogen-bond acceptors (Lipinski definition) is 1. The van der Waals surface area contributed by atoms with Crippen LogP contribution in [0.3, 0.4) is 0 Å². The molecule has 0 bridgehead atoms. The summed E-state index contributed by atoms with van der Waals surface area (Å²) >= 11 is 0. The van der Waals surface area contributed by atoms with Crippen LogP contribution in [0, 0.1) is 0 Å². The predicted octanol–water partition coefficient (Wildman–Crippen LogP) is 8.03. The van der Waals surface area contributed by atoms with Crippen LogP contribution in [0.15, 0.2) is 60.7 Å². The number of fused-ring (bicyclic) bond motifs is 1. The molecule has 1 nitrogen and oxygen atoms in total. The van der Waals surface area contributed by atoms with E-state index in [2.05, 4.69) is 114 Å². The zero-order valence-corrected chi connectivity index (χ0v) is 19.8. The Morgan fingerprint density at radius 1 is 0.733 bits per heavy atom. The standard InChI is InChI=1S/C29H37N/c1-20(2)23-15-11-16-24(21(3)4)27(23)30-19-29(7,18-28(30,5)6)26-17-10-13-22-12-8-9-14-25(22)26/h8-17,20-21H,18-19H2,1-7H3. The van der Waals surface area contributed by atoms with Crippen LogP contribution in [0.2, 0.25) is 0 Å². The van der Waals surface area contributed by atoms with Gasteiger partial charge in [0, 0.05) is 23.2 Å². The normalized spacial score (nSPS) is 21.2.